The normalized spacial score (nSPS) is 20.3. The number of hydrogen-bond acceptors (Lipinski definition) is 4. The maximum absolute atomic E-state index is 5.44. The van der Waals surface area contributed by atoms with Crippen LogP contribution in [0, 0.1) is 0 Å². The predicted molar refractivity (Wildman–Crippen MR) is 93.9 cm³/mol. The molecule has 2 heterocycles. The standard InChI is InChI=1S/C15H20BrN3O2S/c1-17-15(19-8-11-3-2-4-22-11)18-7-10-5-12(16)14-13(6-10)20-9-21-14/h5-6,11H,2-4,7-9H2,1H3,(H2,17,18,19). The van der Waals surface area contributed by atoms with Crippen LogP contribution in [0.4, 0.5) is 0 Å². The Morgan fingerprint density at radius 2 is 2.32 bits per heavy atom. The largest absolute Gasteiger partial charge is 0.454 e. The van der Waals surface area contributed by atoms with Crippen LogP contribution in [0.25, 0.3) is 0 Å². The third-order valence-corrected chi connectivity index (χ3v) is 5.68. The van der Waals surface area contributed by atoms with Crippen LogP contribution in [0.15, 0.2) is 21.6 Å². The maximum Gasteiger partial charge on any atom is 0.231 e. The lowest BCUT2D eigenvalue weighted by Gasteiger charge is -2.15. The Bertz CT molecular complexity index is 562. The molecule has 1 atom stereocenters. The van der Waals surface area contributed by atoms with Crippen molar-refractivity contribution < 1.29 is 9.47 Å². The van der Waals surface area contributed by atoms with E-state index in [1.165, 1.54) is 18.6 Å². The van der Waals surface area contributed by atoms with Gasteiger partial charge >= 0.3 is 0 Å². The molecular formula is C15H20BrN3O2S. The molecule has 2 N–H and O–H groups in total. The molecule has 0 aliphatic carbocycles. The molecule has 1 saturated heterocycles. The van der Waals surface area contributed by atoms with Crippen LogP contribution < -0.4 is 20.1 Å². The summed E-state index contributed by atoms with van der Waals surface area (Å²) in [6.45, 7) is 1.94. The van der Waals surface area contributed by atoms with E-state index in [1.807, 2.05) is 23.9 Å². The van der Waals surface area contributed by atoms with E-state index in [4.69, 9.17) is 9.47 Å². The molecule has 3 rings (SSSR count). The Morgan fingerprint density at radius 1 is 1.41 bits per heavy atom. The third kappa shape index (κ3) is 3.81. The number of benzene rings is 1. The summed E-state index contributed by atoms with van der Waals surface area (Å²) in [5, 5.41) is 7.45. The quantitative estimate of drug-likeness (QED) is 0.616. The molecule has 1 aromatic carbocycles. The van der Waals surface area contributed by atoms with E-state index in [1.54, 1.807) is 7.05 Å². The van der Waals surface area contributed by atoms with Crippen LogP contribution >= 0.6 is 27.7 Å². The molecule has 1 aromatic rings. The second kappa shape index (κ2) is 7.46. The van der Waals surface area contributed by atoms with Crippen molar-refractivity contribution in [1.82, 2.24) is 10.6 Å². The van der Waals surface area contributed by atoms with Crippen molar-refractivity contribution in [3.63, 3.8) is 0 Å². The Balaban J connectivity index is 1.53. The SMILES string of the molecule is CN=C(NCc1cc(Br)c2c(c1)OCO2)NCC1CCCS1. The number of aliphatic imine (C=N–C) groups is 1. The van der Waals surface area contributed by atoms with Gasteiger partial charge in [-0.05, 0) is 52.2 Å². The number of guanidine groups is 1. The summed E-state index contributed by atoms with van der Waals surface area (Å²) in [6.07, 6.45) is 2.62. The third-order valence-electron chi connectivity index (χ3n) is 3.69. The molecule has 0 amide bonds. The number of thioether (sulfide) groups is 1. The highest BCUT2D eigenvalue weighted by molar-refractivity contribution is 9.10. The molecule has 120 valence electrons. The van der Waals surface area contributed by atoms with Gasteiger partial charge in [-0.3, -0.25) is 4.99 Å². The van der Waals surface area contributed by atoms with Gasteiger partial charge in [-0.15, -0.1) is 0 Å². The molecule has 0 spiro atoms. The van der Waals surface area contributed by atoms with Crippen molar-refractivity contribution in [2.45, 2.75) is 24.6 Å². The minimum absolute atomic E-state index is 0.285. The van der Waals surface area contributed by atoms with Gasteiger partial charge in [-0.1, -0.05) is 0 Å². The average molecular weight is 386 g/mol. The summed E-state index contributed by atoms with van der Waals surface area (Å²) >= 11 is 5.56. The molecule has 0 bridgehead atoms. The Hall–Kier alpha value is -1.08. The Labute approximate surface area is 143 Å². The topological polar surface area (TPSA) is 54.9 Å². The number of hydrogen-bond donors (Lipinski definition) is 2. The number of ether oxygens (including phenoxy) is 2. The second-order valence-corrected chi connectivity index (χ2v) is 7.52. The molecule has 0 saturated carbocycles. The highest BCUT2D eigenvalue weighted by Crippen LogP contribution is 2.39. The fourth-order valence-corrected chi connectivity index (χ4v) is 4.35. The van der Waals surface area contributed by atoms with E-state index in [2.05, 4.69) is 31.6 Å². The van der Waals surface area contributed by atoms with Gasteiger partial charge in [0.1, 0.15) is 0 Å². The minimum Gasteiger partial charge on any atom is -0.454 e. The van der Waals surface area contributed by atoms with Crippen LogP contribution in [-0.4, -0.2) is 37.3 Å². The van der Waals surface area contributed by atoms with Crippen molar-refractivity contribution in [1.29, 1.82) is 0 Å². The van der Waals surface area contributed by atoms with Crippen LogP contribution in [0.2, 0.25) is 0 Å². The van der Waals surface area contributed by atoms with Crippen molar-refractivity contribution in [2.75, 3.05) is 26.1 Å². The Kier molecular flexibility index (Phi) is 5.36. The number of nitrogens with one attached hydrogen (secondary N) is 2. The molecule has 2 aliphatic heterocycles. The monoisotopic (exact) mass is 385 g/mol. The fraction of sp³-hybridized carbons (Fsp3) is 0.533. The summed E-state index contributed by atoms with van der Waals surface area (Å²) in [7, 11) is 1.80. The first-order chi connectivity index (χ1) is 10.8. The molecule has 1 unspecified atom stereocenters. The summed E-state index contributed by atoms with van der Waals surface area (Å²) < 4.78 is 11.8. The summed E-state index contributed by atoms with van der Waals surface area (Å²) in [6, 6.07) is 4.04. The van der Waals surface area contributed by atoms with Gasteiger partial charge < -0.3 is 20.1 Å². The highest BCUT2D eigenvalue weighted by Gasteiger charge is 2.18. The second-order valence-electron chi connectivity index (χ2n) is 5.25. The van der Waals surface area contributed by atoms with Crippen molar-refractivity contribution in [3.05, 3.63) is 22.2 Å². The zero-order chi connectivity index (χ0) is 15.4. The smallest absolute Gasteiger partial charge is 0.231 e. The number of nitrogens with zero attached hydrogens (tertiary/aromatic N) is 1. The first-order valence-corrected chi connectivity index (χ1v) is 9.24. The van der Waals surface area contributed by atoms with Crippen LogP contribution in [-0.2, 0) is 6.54 Å². The first-order valence-electron chi connectivity index (χ1n) is 7.40. The van der Waals surface area contributed by atoms with Gasteiger partial charge in [0.05, 0.1) is 4.47 Å². The van der Waals surface area contributed by atoms with Gasteiger partial charge in [0, 0.05) is 25.4 Å². The van der Waals surface area contributed by atoms with Crippen LogP contribution in [0.3, 0.4) is 0 Å². The Morgan fingerprint density at radius 3 is 3.09 bits per heavy atom. The van der Waals surface area contributed by atoms with Gasteiger partial charge in [-0.2, -0.15) is 11.8 Å². The number of fused-ring (bicyclic) bond motifs is 1. The van der Waals surface area contributed by atoms with E-state index in [0.717, 1.165) is 34.0 Å². The summed E-state index contributed by atoms with van der Waals surface area (Å²) in [5.74, 6) is 3.69. The van der Waals surface area contributed by atoms with Crippen LogP contribution in [0.1, 0.15) is 18.4 Å². The zero-order valence-electron chi connectivity index (χ0n) is 12.5. The van der Waals surface area contributed by atoms with Crippen molar-refractivity contribution >= 4 is 33.7 Å². The molecule has 7 heteroatoms. The maximum atomic E-state index is 5.44. The van der Waals surface area contributed by atoms with E-state index >= 15 is 0 Å². The first kappa shape index (κ1) is 15.8. The molecule has 2 aliphatic rings. The van der Waals surface area contributed by atoms with Crippen molar-refractivity contribution in [2.24, 2.45) is 4.99 Å². The van der Waals surface area contributed by atoms with E-state index in [0.29, 0.717) is 11.8 Å². The number of rotatable bonds is 4. The lowest BCUT2D eigenvalue weighted by molar-refractivity contribution is 0.173. The molecule has 1 fully saturated rings. The van der Waals surface area contributed by atoms with E-state index in [-0.39, 0.29) is 6.79 Å². The van der Waals surface area contributed by atoms with Crippen LogP contribution in [0.5, 0.6) is 11.5 Å². The molecular weight excluding hydrogens is 366 g/mol. The minimum atomic E-state index is 0.285. The van der Waals surface area contributed by atoms with Gasteiger partial charge in [0.15, 0.2) is 17.5 Å². The van der Waals surface area contributed by atoms with E-state index < -0.39 is 0 Å². The van der Waals surface area contributed by atoms with Gasteiger partial charge in [-0.25, -0.2) is 0 Å². The zero-order valence-corrected chi connectivity index (χ0v) is 14.9. The van der Waals surface area contributed by atoms with Gasteiger partial charge in [0.2, 0.25) is 6.79 Å². The average Bonchev–Trinajstić information content (AvgIpc) is 3.18. The molecule has 0 aromatic heterocycles. The van der Waals surface area contributed by atoms with E-state index in [9.17, 15) is 0 Å². The van der Waals surface area contributed by atoms with Crippen molar-refractivity contribution in [3.8, 4) is 11.5 Å². The summed E-state index contributed by atoms with van der Waals surface area (Å²) in [5.41, 5.74) is 1.12. The fourth-order valence-electron chi connectivity index (χ4n) is 2.55. The molecule has 5 nitrogen and oxygen atoms in total. The number of halogens is 1. The highest BCUT2D eigenvalue weighted by atomic mass is 79.9. The van der Waals surface area contributed by atoms with Gasteiger partial charge in [0.25, 0.3) is 0 Å². The summed E-state index contributed by atoms with van der Waals surface area (Å²) in [4.78, 5) is 4.28. The lowest BCUT2D eigenvalue weighted by atomic mass is 10.2. The lowest BCUT2D eigenvalue weighted by Crippen LogP contribution is -2.39. The predicted octanol–water partition coefficient (Wildman–Crippen LogP) is 2.74. The molecule has 22 heavy (non-hydrogen) atoms. The molecule has 0 radical (unpaired) electrons.